The number of rotatable bonds is 10. The first-order chi connectivity index (χ1) is 18.2. The van der Waals surface area contributed by atoms with E-state index in [2.05, 4.69) is 15.0 Å². The highest BCUT2D eigenvalue weighted by atomic mass is 35.5. The molecule has 0 saturated carbocycles. The number of alkyl halides is 3. The minimum absolute atomic E-state index is 0.0447. The number of para-hydroxylation sites is 1. The van der Waals surface area contributed by atoms with Crippen LogP contribution in [-0.2, 0) is 19.0 Å². The number of aliphatic hydroxyl groups is 1. The molecule has 7 nitrogen and oxygen atoms in total. The van der Waals surface area contributed by atoms with Gasteiger partial charge in [0.1, 0.15) is 22.8 Å². The van der Waals surface area contributed by atoms with Gasteiger partial charge in [0, 0.05) is 18.8 Å². The van der Waals surface area contributed by atoms with Crippen molar-refractivity contribution in [2.75, 3.05) is 11.4 Å². The van der Waals surface area contributed by atoms with Crippen LogP contribution in [0.4, 0.5) is 19.0 Å². The maximum atomic E-state index is 12.7. The number of nitrogens with zero attached hydrogens (tertiary/aromatic N) is 4. The fourth-order valence-corrected chi connectivity index (χ4v) is 3.89. The lowest BCUT2D eigenvalue weighted by Gasteiger charge is -2.29. The number of aromatic nitrogens is 3. The zero-order valence-corrected chi connectivity index (χ0v) is 21.0. The Morgan fingerprint density at radius 3 is 2.32 bits per heavy atom. The molecule has 11 heteroatoms. The van der Waals surface area contributed by atoms with E-state index in [-0.39, 0.29) is 5.88 Å². The highest BCUT2D eigenvalue weighted by molar-refractivity contribution is 6.33. The van der Waals surface area contributed by atoms with Gasteiger partial charge in [0.2, 0.25) is 5.88 Å². The molecule has 1 atom stereocenters. The Hall–Kier alpha value is -3.89. The van der Waals surface area contributed by atoms with Gasteiger partial charge in [-0.05, 0) is 48.7 Å². The molecule has 2 aromatic heterocycles. The first-order valence-corrected chi connectivity index (χ1v) is 12.1. The van der Waals surface area contributed by atoms with Gasteiger partial charge in [-0.25, -0.2) is 15.0 Å². The molecule has 2 heterocycles. The highest BCUT2D eigenvalue weighted by Crippen LogP contribution is 2.31. The van der Waals surface area contributed by atoms with Crippen LogP contribution in [-0.4, -0.2) is 33.0 Å². The van der Waals surface area contributed by atoms with Gasteiger partial charge in [0.05, 0.1) is 11.3 Å². The van der Waals surface area contributed by atoms with Gasteiger partial charge in [-0.3, -0.25) is 4.90 Å². The summed E-state index contributed by atoms with van der Waals surface area (Å²) in [5.74, 6) is 1.28. The molecule has 198 valence electrons. The van der Waals surface area contributed by atoms with Crippen LogP contribution in [0.5, 0.6) is 17.4 Å². The molecule has 1 unspecified atom stereocenters. The van der Waals surface area contributed by atoms with Crippen LogP contribution in [0.25, 0.3) is 0 Å². The van der Waals surface area contributed by atoms with Crippen molar-refractivity contribution in [1.82, 2.24) is 15.0 Å². The molecular formula is C27H24ClF3N4O3. The second-order valence-corrected chi connectivity index (χ2v) is 8.52. The average Bonchev–Trinajstić information content (AvgIpc) is 2.91. The number of hydrogen-bond acceptors (Lipinski definition) is 7. The maximum absolute atomic E-state index is 12.7. The summed E-state index contributed by atoms with van der Waals surface area (Å²) >= 11 is 6.55. The van der Waals surface area contributed by atoms with Crippen LogP contribution >= 0.6 is 11.6 Å². The van der Waals surface area contributed by atoms with Crippen LogP contribution in [0.1, 0.15) is 23.7 Å². The van der Waals surface area contributed by atoms with Gasteiger partial charge in [-0.2, -0.15) is 13.2 Å². The Balaban J connectivity index is 1.46. The quantitative estimate of drug-likeness (QED) is 0.235. The summed E-state index contributed by atoms with van der Waals surface area (Å²) < 4.78 is 49.5. The standard InChI is InChI=1S/C27H24ClF3N4O3/c1-2-22-24(28)25(34-17-33-22)35(26(36)38-20-6-4-3-5-7-20)15-14-18-8-11-21(12-9-18)37-23-13-10-19(16-32-23)27(29,30)31/h3-13,16-17,26,36H,2,14-15H2,1H3. The first-order valence-electron chi connectivity index (χ1n) is 11.7. The molecule has 0 radical (unpaired) electrons. The first kappa shape index (κ1) is 27.2. The molecule has 0 amide bonds. The Kier molecular flexibility index (Phi) is 8.65. The number of aliphatic hydroxyl groups excluding tert-OH is 1. The van der Waals surface area contributed by atoms with E-state index in [0.717, 1.165) is 17.8 Å². The van der Waals surface area contributed by atoms with Crippen molar-refractivity contribution >= 4 is 17.4 Å². The summed E-state index contributed by atoms with van der Waals surface area (Å²) in [6, 6.07) is 17.9. The molecular weight excluding hydrogens is 521 g/mol. The smallest absolute Gasteiger partial charge is 0.417 e. The molecule has 0 bridgehead atoms. The number of anilines is 1. The number of aryl methyl sites for hydroxylation is 1. The molecule has 0 spiro atoms. The Morgan fingerprint density at radius 2 is 1.68 bits per heavy atom. The van der Waals surface area contributed by atoms with Crippen molar-refractivity contribution in [2.24, 2.45) is 0 Å². The van der Waals surface area contributed by atoms with E-state index >= 15 is 0 Å². The second kappa shape index (κ2) is 12.1. The van der Waals surface area contributed by atoms with Gasteiger partial charge >= 0.3 is 6.18 Å². The minimum Gasteiger partial charge on any atom is -0.447 e. The topological polar surface area (TPSA) is 80.6 Å². The second-order valence-electron chi connectivity index (χ2n) is 8.14. The molecule has 4 rings (SSSR count). The molecule has 0 aliphatic carbocycles. The average molecular weight is 545 g/mol. The lowest BCUT2D eigenvalue weighted by atomic mass is 10.1. The SMILES string of the molecule is CCc1ncnc(N(CCc2ccc(Oc3ccc(C(F)(F)F)cn3)cc2)C(O)Oc2ccccc2)c1Cl. The van der Waals surface area contributed by atoms with Crippen molar-refractivity contribution in [2.45, 2.75) is 32.4 Å². The highest BCUT2D eigenvalue weighted by Gasteiger charge is 2.30. The molecule has 0 saturated heterocycles. The Morgan fingerprint density at radius 1 is 0.947 bits per heavy atom. The number of ether oxygens (including phenoxy) is 2. The van der Waals surface area contributed by atoms with Crippen LogP contribution in [0.3, 0.4) is 0 Å². The van der Waals surface area contributed by atoms with Crippen molar-refractivity contribution in [3.8, 4) is 17.4 Å². The fourth-order valence-electron chi connectivity index (χ4n) is 3.55. The third-order valence-corrected chi connectivity index (χ3v) is 5.94. The normalized spacial score (nSPS) is 12.2. The van der Waals surface area contributed by atoms with Crippen LogP contribution < -0.4 is 14.4 Å². The maximum Gasteiger partial charge on any atom is 0.417 e. The number of benzene rings is 2. The minimum atomic E-state index is -4.46. The number of halogens is 4. The van der Waals surface area contributed by atoms with Gasteiger partial charge in [0.15, 0.2) is 5.82 Å². The number of pyridine rings is 1. The van der Waals surface area contributed by atoms with E-state index in [4.69, 9.17) is 21.1 Å². The Bertz CT molecular complexity index is 1320. The Labute approximate surface area is 222 Å². The van der Waals surface area contributed by atoms with Gasteiger partial charge in [0.25, 0.3) is 6.41 Å². The van der Waals surface area contributed by atoms with E-state index in [1.54, 1.807) is 53.4 Å². The molecule has 2 aromatic carbocycles. The third kappa shape index (κ3) is 6.90. The predicted octanol–water partition coefficient (Wildman–Crippen LogP) is 6.30. The molecule has 0 fully saturated rings. The molecule has 4 aromatic rings. The van der Waals surface area contributed by atoms with E-state index in [1.807, 2.05) is 13.0 Å². The zero-order chi connectivity index (χ0) is 27.1. The van der Waals surface area contributed by atoms with Crippen molar-refractivity contribution in [3.05, 3.63) is 101 Å². The summed E-state index contributed by atoms with van der Waals surface area (Å²) in [7, 11) is 0. The summed E-state index contributed by atoms with van der Waals surface area (Å²) in [6.07, 6.45) is -2.65. The predicted molar refractivity (Wildman–Crippen MR) is 136 cm³/mol. The molecule has 0 aliphatic heterocycles. The van der Waals surface area contributed by atoms with Gasteiger partial charge in [-0.1, -0.05) is 48.9 Å². The lowest BCUT2D eigenvalue weighted by molar-refractivity contribution is -0.137. The third-order valence-electron chi connectivity index (χ3n) is 5.55. The molecule has 38 heavy (non-hydrogen) atoms. The molecule has 0 aliphatic rings. The van der Waals surface area contributed by atoms with Gasteiger partial charge in [-0.15, -0.1) is 0 Å². The number of hydrogen-bond donors (Lipinski definition) is 1. The largest absolute Gasteiger partial charge is 0.447 e. The van der Waals surface area contributed by atoms with E-state index in [9.17, 15) is 18.3 Å². The van der Waals surface area contributed by atoms with E-state index in [1.165, 1.54) is 12.4 Å². The van der Waals surface area contributed by atoms with Crippen molar-refractivity contribution in [1.29, 1.82) is 0 Å². The summed E-state index contributed by atoms with van der Waals surface area (Å²) in [6.45, 7) is 2.22. The van der Waals surface area contributed by atoms with Crippen LogP contribution in [0.15, 0.2) is 79.3 Å². The lowest BCUT2D eigenvalue weighted by Crippen LogP contribution is -2.41. The summed E-state index contributed by atoms with van der Waals surface area (Å²) in [5.41, 5.74) is 0.695. The molecule has 1 N–H and O–H groups in total. The van der Waals surface area contributed by atoms with Gasteiger partial charge < -0.3 is 14.6 Å². The zero-order valence-electron chi connectivity index (χ0n) is 20.3. The van der Waals surface area contributed by atoms with Crippen LogP contribution in [0.2, 0.25) is 5.02 Å². The monoisotopic (exact) mass is 544 g/mol. The summed E-state index contributed by atoms with van der Waals surface area (Å²) in [5, 5.41) is 11.3. The fraction of sp³-hybridized carbons (Fsp3) is 0.222. The van der Waals surface area contributed by atoms with E-state index < -0.39 is 18.2 Å². The van der Waals surface area contributed by atoms with Crippen molar-refractivity contribution < 1.29 is 27.8 Å². The van der Waals surface area contributed by atoms with Crippen LogP contribution in [0, 0.1) is 0 Å². The van der Waals surface area contributed by atoms with E-state index in [0.29, 0.717) is 47.4 Å². The van der Waals surface area contributed by atoms with Crippen molar-refractivity contribution in [3.63, 3.8) is 0 Å². The summed E-state index contributed by atoms with van der Waals surface area (Å²) in [4.78, 5) is 13.8.